The van der Waals surface area contributed by atoms with Crippen molar-refractivity contribution in [3.05, 3.63) is 57.0 Å². The van der Waals surface area contributed by atoms with Gasteiger partial charge in [-0.15, -0.1) is 11.3 Å². The van der Waals surface area contributed by atoms with Crippen LogP contribution in [-0.2, 0) is 19.4 Å². The van der Waals surface area contributed by atoms with E-state index in [-0.39, 0.29) is 24.5 Å². The number of benzene rings is 1. The normalized spacial score (nSPS) is 17.0. The number of hydrogen-bond acceptors (Lipinski definition) is 6. The molecule has 0 saturated carbocycles. The number of Topliss-reactive ketones (excluding diaryl/α,β-unsaturated/α-hetero) is 1. The zero-order valence-corrected chi connectivity index (χ0v) is 18.1. The number of nitrogens with zero attached hydrogens (tertiary/aromatic N) is 2. The highest BCUT2D eigenvalue weighted by molar-refractivity contribution is 7.18. The van der Waals surface area contributed by atoms with E-state index in [0.29, 0.717) is 29.0 Å². The van der Waals surface area contributed by atoms with Crippen LogP contribution in [0.3, 0.4) is 0 Å². The molecule has 30 heavy (non-hydrogen) atoms. The average Bonchev–Trinajstić information content (AvgIpc) is 3.12. The second-order valence-electron chi connectivity index (χ2n) is 8.00. The third-order valence-electron chi connectivity index (χ3n) is 5.63. The summed E-state index contributed by atoms with van der Waals surface area (Å²) in [7, 11) is 0. The van der Waals surface area contributed by atoms with E-state index >= 15 is 0 Å². The largest absolute Gasteiger partial charge is 0.491 e. The highest BCUT2D eigenvalue weighted by atomic mass is 32.1. The number of ether oxygens (including phenoxy) is 1. The number of aryl methyl sites for hydroxylation is 1. The summed E-state index contributed by atoms with van der Waals surface area (Å²) in [6, 6.07) is 6.87. The number of fused-ring (bicyclic) bond motifs is 3. The lowest BCUT2D eigenvalue weighted by atomic mass is 9.89. The van der Waals surface area contributed by atoms with E-state index in [0.717, 1.165) is 29.7 Å². The maximum Gasteiger partial charge on any atom is 0.262 e. The monoisotopic (exact) mass is 426 g/mol. The fraction of sp³-hybridized carbons (Fsp3) is 0.435. The molecule has 158 valence electrons. The van der Waals surface area contributed by atoms with Crippen molar-refractivity contribution >= 4 is 27.3 Å². The van der Waals surface area contributed by atoms with Crippen molar-refractivity contribution in [2.75, 3.05) is 6.61 Å². The predicted molar refractivity (Wildman–Crippen MR) is 118 cm³/mol. The predicted octanol–water partition coefficient (Wildman–Crippen LogP) is 3.62. The fourth-order valence-electron chi connectivity index (χ4n) is 3.91. The van der Waals surface area contributed by atoms with E-state index < -0.39 is 6.10 Å². The number of ketones is 1. The minimum absolute atomic E-state index is 0.0464. The molecule has 2 atom stereocenters. The topological polar surface area (TPSA) is 81.4 Å². The standard InChI is InChI=1S/C23H26N2O4S/c1-3-19(27)15-5-7-17(8-6-15)29-12-16(26)11-25-13-24-22-21(23(25)28)18-9-4-14(2)10-20(18)30-22/h5-8,13-14,16,26H,3-4,9-12H2,1-2H3/t14-,16+/m0/s1. The van der Waals surface area contributed by atoms with Crippen molar-refractivity contribution in [3.63, 3.8) is 0 Å². The van der Waals surface area contributed by atoms with Crippen molar-refractivity contribution in [2.24, 2.45) is 5.92 Å². The summed E-state index contributed by atoms with van der Waals surface area (Å²) in [5.74, 6) is 1.29. The van der Waals surface area contributed by atoms with Crippen LogP contribution in [0.25, 0.3) is 10.2 Å². The van der Waals surface area contributed by atoms with Crippen LogP contribution in [0.4, 0.5) is 0 Å². The zero-order valence-electron chi connectivity index (χ0n) is 17.3. The van der Waals surface area contributed by atoms with Gasteiger partial charge < -0.3 is 9.84 Å². The van der Waals surface area contributed by atoms with Crippen LogP contribution in [0.1, 0.15) is 47.5 Å². The second kappa shape index (κ2) is 8.70. The van der Waals surface area contributed by atoms with Gasteiger partial charge in [-0.2, -0.15) is 0 Å². The average molecular weight is 427 g/mol. The Morgan fingerprint density at radius 3 is 2.87 bits per heavy atom. The molecule has 0 fully saturated rings. The molecule has 1 aliphatic carbocycles. The number of aromatic nitrogens is 2. The second-order valence-corrected chi connectivity index (χ2v) is 9.08. The summed E-state index contributed by atoms with van der Waals surface area (Å²) in [4.78, 5) is 31.3. The molecule has 2 aromatic heterocycles. The van der Waals surface area contributed by atoms with Gasteiger partial charge in [0.15, 0.2) is 5.78 Å². The highest BCUT2D eigenvalue weighted by Crippen LogP contribution is 2.35. The SMILES string of the molecule is CCC(=O)c1ccc(OC[C@H](O)Cn2cnc3sc4c(c3c2=O)CC[C@H](C)C4)cc1. The summed E-state index contributed by atoms with van der Waals surface area (Å²) >= 11 is 1.62. The van der Waals surface area contributed by atoms with E-state index in [9.17, 15) is 14.7 Å². The minimum atomic E-state index is -0.853. The van der Waals surface area contributed by atoms with Crippen molar-refractivity contribution < 1.29 is 14.6 Å². The summed E-state index contributed by atoms with van der Waals surface area (Å²) in [5.41, 5.74) is 1.70. The number of aliphatic hydroxyl groups excluding tert-OH is 1. The van der Waals surface area contributed by atoms with Gasteiger partial charge in [-0.3, -0.25) is 14.2 Å². The molecule has 1 aromatic carbocycles. The first kappa shape index (κ1) is 20.8. The molecule has 2 heterocycles. The van der Waals surface area contributed by atoms with Crippen LogP contribution >= 0.6 is 11.3 Å². The molecular weight excluding hydrogens is 400 g/mol. The molecule has 7 heteroatoms. The molecule has 0 bridgehead atoms. The lowest BCUT2D eigenvalue weighted by molar-refractivity contribution is 0.0913. The molecule has 6 nitrogen and oxygen atoms in total. The third-order valence-corrected chi connectivity index (χ3v) is 6.79. The molecule has 0 unspecified atom stereocenters. The smallest absolute Gasteiger partial charge is 0.262 e. The Labute approximate surface area is 179 Å². The van der Waals surface area contributed by atoms with E-state index in [1.165, 1.54) is 15.8 Å². The van der Waals surface area contributed by atoms with Crippen LogP contribution in [0.5, 0.6) is 5.75 Å². The van der Waals surface area contributed by atoms with Crippen LogP contribution in [0, 0.1) is 5.92 Å². The van der Waals surface area contributed by atoms with Crippen molar-refractivity contribution in [1.29, 1.82) is 0 Å². The number of thiophene rings is 1. The Morgan fingerprint density at radius 1 is 1.37 bits per heavy atom. The maximum atomic E-state index is 13.0. The van der Waals surface area contributed by atoms with Crippen molar-refractivity contribution in [1.82, 2.24) is 9.55 Å². The number of carbonyl (C=O) groups is 1. The Morgan fingerprint density at radius 2 is 2.13 bits per heavy atom. The molecule has 3 aromatic rings. The first-order chi connectivity index (χ1) is 14.5. The van der Waals surface area contributed by atoms with Gasteiger partial charge in [0.2, 0.25) is 0 Å². The van der Waals surface area contributed by atoms with E-state index in [4.69, 9.17) is 4.74 Å². The Kier molecular flexibility index (Phi) is 6.01. The maximum absolute atomic E-state index is 13.0. The summed E-state index contributed by atoms with van der Waals surface area (Å²) in [6.07, 6.45) is 4.14. The molecule has 0 amide bonds. The summed E-state index contributed by atoms with van der Waals surface area (Å²) in [6.45, 7) is 4.23. The number of rotatable bonds is 7. The summed E-state index contributed by atoms with van der Waals surface area (Å²) in [5, 5.41) is 11.1. The molecule has 0 aliphatic heterocycles. The first-order valence-corrected chi connectivity index (χ1v) is 11.2. The number of aliphatic hydroxyl groups is 1. The molecule has 0 saturated heterocycles. The van der Waals surface area contributed by atoms with Gasteiger partial charge in [-0.05, 0) is 55.0 Å². The quantitative estimate of drug-likeness (QED) is 0.584. The van der Waals surface area contributed by atoms with Gasteiger partial charge in [-0.25, -0.2) is 4.98 Å². The van der Waals surface area contributed by atoms with Crippen LogP contribution < -0.4 is 10.3 Å². The van der Waals surface area contributed by atoms with Gasteiger partial charge in [0, 0.05) is 16.9 Å². The zero-order chi connectivity index (χ0) is 21.3. The fourth-order valence-corrected chi connectivity index (χ4v) is 5.25. The molecular formula is C23H26N2O4S. The number of carbonyl (C=O) groups excluding carboxylic acids is 1. The van der Waals surface area contributed by atoms with E-state index in [2.05, 4.69) is 11.9 Å². The molecule has 1 aliphatic rings. The van der Waals surface area contributed by atoms with Gasteiger partial charge >= 0.3 is 0 Å². The van der Waals surface area contributed by atoms with Gasteiger partial charge in [0.25, 0.3) is 5.56 Å². The van der Waals surface area contributed by atoms with Gasteiger partial charge in [-0.1, -0.05) is 13.8 Å². The Balaban J connectivity index is 1.44. The molecule has 0 radical (unpaired) electrons. The van der Waals surface area contributed by atoms with Gasteiger partial charge in [0.05, 0.1) is 18.3 Å². The summed E-state index contributed by atoms with van der Waals surface area (Å²) < 4.78 is 7.10. The third kappa shape index (κ3) is 4.18. The first-order valence-electron chi connectivity index (χ1n) is 10.4. The van der Waals surface area contributed by atoms with E-state index in [1.54, 1.807) is 35.6 Å². The van der Waals surface area contributed by atoms with E-state index in [1.807, 2.05) is 6.92 Å². The Hall–Kier alpha value is -2.51. The number of hydrogen-bond donors (Lipinski definition) is 1. The van der Waals surface area contributed by atoms with Crippen LogP contribution in [0.2, 0.25) is 0 Å². The van der Waals surface area contributed by atoms with Crippen LogP contribution in [0.15, 0.2) is 35.4 Å². The highest BCUT2D eigenvalue weighted by Gasteiger charge is 2.23. The minimum Gasteiger partial charge on any atom is -0.491 e. The lowest BCUT2D eigenvalue weighted by Crippen LogP contribution is -2.30. The van der Waals surface area contributed by atoms with Gasteiger partial charge in [0.1, 0.15) is 23.3 Å². The van der Waals surface area contributed by atoms with Crippen molar-refractivity contribution in [3.8, 4) is 5.75 Å². The Bertz CT molecular complexity index is 1120. The van der Waals surface area contributed by atoms with Crippen molar-refractivity contribution in [2.45, 2.75) is 52.2 Å². The molecule has 4 rings (SSSR count). The molecule has 1 N–H and O–H groups in total. The van der Waals surface area contributed by atoms with Crippen LogP contribution in [-0.4, -0.2) is 33.2 Å². The molecule has 0 spiro atoms. The lowest BCUT2D eigenvalue weighted by Gasteiger charge is -2.17.